The van der Waals surface area contributed by atoms with Gasteiger partial charge in [-0.05, 0) is 30.7 Å². The molecule has 4 rings (SSSR count). The number of nitrogens with zero attached hydrogens (tertiary/aromatic N) is 5. The minimum absolute atomic E-state index is 0.00547. The number of aromatic nitrogens is 5. The molecule has 0 aliphatic rings. The minimum atomic E-state index is 0.00547. The second-order valence-electron chi connectivity index (χ2n) is 6.19. The summed E-state index contributed by atoms with van der Waals surface area (Å²) in [6.07, 6.45) is 7.28. The number of aryl methyl sites for hydroxylation is 1. The molecule has 0 saturated heterocycles. The van der Waals surface area contributed by atoms with Crippen molar-refractivity contribution in [3.05, 3.63) is 60.7 Å². The number of aliphatic hydroxyl groups excluding tert-OH is 1. The van der Waals surface area contributed by atoms with E-state index in [9.17, 15) is 0 Å². The number of hydrogen-bond acceptors (Lipinski definition) is 8. The average Bonchev–Trinajstić information content (AvgIpc) is 3.14. The van der Waals surface area contributed by atoms with Crippen molar-refractivity contribution in [2.45, 2.75) is 6.92 Å². The Labute approximate surface area is 161 Å². The Hall–Kier alpha value is -3.72. The summed E-state index contributed by atoms with van der Waals surface area (Å²) in [5.74, 6) is 2.24. The van der Waals surface area contributed by atoms with E-state index >= 15 is 0 Å². The van der Waals surface area contributed by atoms with Crippen LogP contribution in [0.1, 0.15) is 5.56 Å². The first-order valence-corrected chi connectivity index (χ1v) is 8.83. The van der Waals surface area contributed by atoms with Crippen molar-refractivity contribution in [3.8, 4) is 0 Å². The maximum atomic E-state index is 9.09. The molecule has 0 aliphatic heterocycles. The van der Waals surface area contributed by atoms with Crippen molar-refractivity contribution in [1.82, 2.24) is 24.3 Å². The third-order valence-electron chi connectivity index (χ3n) is 3.97. The SMILES string of the molecule is Cc1ccnc(Nc2nc(NCCO)cc(Nc3ccn4ccnc4c3)n2)c1. The highest BCUT2D eigenvalue weighted by Gasteiger charge is 2.07. The minimum Gasteiger partial charge on any atom is -0.395 e. The summed E-state index contributed by atoms with van der Waals surface area (Å²) in [6, 6.07) is 9.48. The van der Waals surface area contributed by atoms with Gasteiger partial charge in [-0.25, -0.2) is 9.97 Å². The molecule has 0 spiro atoms. The van der Waals surface area contributed by atoms with E-state index < -0.39 is 0 Å². The molecule has 9 heteroatoms. The number of nitrogens with one attached hydrogen (secondary N) is 3. The first kappa shape index (κ1) is 17.7. The van der Waals surface area contributed by atoms with Gasteiger partial charge < -0.3 is 25.5 Å². The first-order valence-electron chi connectivity index (χ1n) is 8.83. The topological polar surface area (TPSA) is 112 Å². The van der Waals surface area contributed by atoms with E-state index in [2.05, 4.69) is 35.9 Å². The molecule has 28 heavy (non-hydrogen) atoms. The summed E-state index contributed by atoms with van der Waals surface area (Å²) in [5, 5.41) is 18.6. The Morgan fingerprint density at radius 3 is 2.68 bits per heavy atom. The molecule has 0 aromatic carbocycles. The zero-order valence-corrected chi connectivity index (χ0v) is 15.3. The molecule has 0 aliphatic carbocycles. The fraction of sp³-hybridized carbons (Fsp3) is 0.158. The summed E-state index contributed by atoms with van der Waals surface area (Å²) in [7, 11) is 0. The molecule has 0 fully saturated rings. The van der Waals surface area contributed by atoms with Gasteiger partial charge in [0.05, 0.1) is 6.61 Å². The Bertz CT molecular complexity index is 1090. The number of hydrogen-bond donors (Lipinski definition) is 4. The van der Waals surface area contributed by atoms with Gasteiger partial charge in [-0.1, -0.05) is 0 Å². The highest BCUT2D eigenvalue weighted by atomic mass is 16.3. The third kappa shape index (κ3) is 4.15. The van der Waals surface area contributed by atoms with Crippen LogP contribution in [0.15, 0.2) is 55.1 Å². The Balaban J connectivity index is 1.62. The maximum Gasteiger partial charge on any atom is 0.232 e. The predicted octanol–water partition coefficient (Wildman–Crippen LogP) is 2.72. The molecule has 0 unspecified atom stereocenters. The zero-order chi connectivity index (χ0) is 19.3. The number of anilines is 5. The molecule has 0 bridgehead atoms. The fourth-order valence-electron chi connectivity index (χ4n) is 2.70. The second-order valence-corrected chi connectivity index (χ2v) is 6.19. The van der Waals surface area contributed by atoms with Crippen LogP contribution in [0.5, 0.6) is 0 Å². The van der Waals surface area contributed by atoms with Gasteiger partial charge in [-0.2, -0.15) is 9.97 Å². The Morgan fingerprint density at radius 2 is 1.82 bits per heavy atom. The molecular formula is C19H20N8O. The monoisotopic (exact) mass is 376 g/mol. The van der Waals surface area contributed by atoms with Gasteiger partial charge in [0.15, 0.2) is 0 Å². The van der Waals surface area contributed by atoms with Crippen LogP contribution in [0.4, 0.5) is 29.1 Å². The predicted molar refractivity (Wildman–Crippen MR) is 108 cm³/mol. The third-order valence-corrected chi connectivity index (χ3v) is 3.97. The summed E-state index contributed by atoms with van der Waals surface area (Å²) in [4.78, 5) is 17.5. The molecule has 0 saturated carbocycles. The maximum absolute atomic E-state index is 9.09. The quantitative estimate of drug-likeness (QED) is 0.389. The Kier molecular flexibility index (Phi) is 4.98. The Morgan fingerprint density at radius 1 is 0.929 bits per heavy atom. The lowest BCUT2D eigenvalue weighted by Gasteiger charge is -2.12. The van der Waals surface area contributed by atoms with Crippen molar-refractivity contribution in [2.75, 3.05) is 29.1 Å². The summed E-state index contributed by atoms with van der Waals surface area (Å²) < 4.78 is 1.93. The average molecular weight is 376 g/mol. The van der Waals surface area contributed by atoms with Gasteiger partial charge >= 0.3 is 0 Å². The fourth-order valence-corrected chi connectivity index (χ4v) is 2.70. The van der Waals surface area contributed by atoms with Crippen molar-refractivity contribution >= 4 is 34.7 Å². The lowest BCUT2D eigenvalue weighted by atomic mass is 10.3. The van der Waals surface area contributed by atoms with Crippen LogP contribution in [0.25, 0.3) is 5.65 Å². The molecule has 0 radical (unpaired) electrons. The molecule has 142 valence electrons. The summed E-state index contributed by atoms with van der Waals surface area (Å²) in [5.41, 5.74) is 2.77. The number of aliphatic hydroxyl groups is 1. The van der Waals surface area contributed by atoms with Crippen molar-refractivity contribution in [2.24, 2.45) is 0 Å². The molecular weight excluding hydrogens is 356 g/mol. The lowest BCUT2D eigenvalue weighted by Crippen LogP contribution is -2.10. The molecule has 4 aromatic rings. The van der Waals surface area contributed by atoms with E-state index in [1.807, 2.05) is 48.0 Å². The highest BCUT2D eigenvalue weighted by Crippen LogP contribution is 2.21. The van der Waals surface area contributed by atoms with Crippen molar-refractivity contribution in [3.63, 3.8) is 0 Å². The zero-order valence-electron chi connectivity index (χ0n) is 15.3. The summed E-state index contributed by atoms with van der Waals surface area (Å²) >= 11 is 0. The van der Waals surface area contributed by atoms with Crippen LogP contribution >= 0.6 is 0 Å². The molecule has 4 N–H and O–H groups in total. The van der Waals surface area contributed by atoms with Crippen LogP contribution in [0.3, 0.4) is 0 Å². The molecule has 0 amide bonds. The standard InChI is InChI=1S/C19H20N8O/c1-13-2-4-20-15(10-13)24-19-25-16(21-6-9-28)12-17(26-19)23-14-3-7-27-8-5-22-18(27)11-14/h2-5,7-8,10-12,28H,6,9H2,1H3,(H3,20,21,23,24,25,26). The first-order chi connectivity index (χ1) is 13.7. The van der Waals surface area contributed by atoms with Crippen molar-refractivity contribution in [1.29, 1.82) is 0 Å². The smallest absolute Gasteiger partial charge is 0.232 e. The van der Waals surface area contributed by atoms with E-state index in [0.29, 0.717) is 29.9 Å². The van der Waals surface area contributed by atoms with E-state index in [1.165, 1.54) is 0 Å². The largest absolute Gasteiger partial charge is 0.395 e. The van der Waals surface area contributed by atoms with Crippen molar-refractivity contribution < 1.29 is 5.11 Å². The van der Waals surface area contributed by atoms with Crippen LogP contribution in [0.2, 0.25) is 0 Å². The van der Waals surface area contributed by atoms with Crippen LogP contribution in [-0.2, 0) is 0 Å². The normalized spacial score (nSPS) is 10.8. The number of pyridine rings is 2. The molecule has 9 nitrogen and oxygen atoms in total. The molecule has 4 aromatic heterocycles. The van der Waals surface area contributed by atoms with Gasteiger partial charge in [0.1, 0.15) is 23.1 Å². The van der Waals surface area contributed by atoms with Crippen LogP contribution in [-0.4, -0.2) is 42.6 Å². The van der Waals surface area contributed by atoms with Gasteiger partial charge in [-0.15, -0.1) is 0 Å². The van der Waals surface area contributed by atoms with Crippen LogP contribution in [0, 0.1) is 6.92 Å². The van der Waals surface area contributed by atoms with Gasteiger partial charge in [0.2, 0.25) is 5.95 Å². The number of imidazole rings is 1. The van der Waals surface area contributed by atoms with E-state index in [0.717, 1.165) is 16.9 Å². The van der Waals surface area contributed by atoms with Gasteiger partial charge in [0, 0.05) is 49.2 Å². The highest BCUT2D eigenvalue weighted by molar-refractivity contribution is 5.65. The molecule has 4 heterocycles. The van der Waals surface area contributed by atoms with Crippen LogP contribution < -0.4 is 16.0 Å². The van der Waals surface area contributed by atoms with E-state index in [1.54, 1.807) is 18.5 Å². The number of rotatable bonds is 7. The summed E-state index contributed by atoms with van der Waals surface area (Å²) in [6.45, 7) is 2.38. The van der Waals surface area contributed by atoms with Gasteiger partial charge in [-0.3, -0.25) is 0 Å². The molecule has 0 atom stereocenters. The second kappa shape index (κ2) is 7.89. The van der Waals surface area contributed by atoms with E-state index in [-0.39, 0.29) is 6.61 Å². The van der Waals surface area contributed by atoms with Gasteiger partial charge in [0.25, 0.3) is 0 Å². The number of fused-ring (bicyclic) bond motifs is 1. The lowest BCUT2D eigenvalue weighted by molar-refractivity contribution is 0.311. The van der Waals surface area contributed by atoms with E-state index in [4.69, 9.17) is 5.11 Å².